The lowest BCUT2D eigenvalue weighted by Gasteiger charge is -2.16. The van der Waals surface area contributed by atoms with Crippen LogP contribution in [-0.4, -0.2) is 37.6 Å². The normalized spacial score (nSPS) is 14.4. The summed E-state index contributed by atoms with van der Waals surface area (Å²) < 4.78 is 0. The Kier molecular flexibility index (Phi) is 3.70. The van der Waals surface area contributed by atoms with Gasteiger partial charge in [0.05, 0.1) is 12.5 Å². The van der Waals surface area contributed by atoms with Gasteiger partial charge in [0.15, 0.2) is 11.5 Å². The molecule has 88 valence electrons. The fourth-order valence-electron chi connectivity index (χ4n) is 1.24. The van der Waals surface area contributed by atoms with Gasteiger partial charge in [-0.25, -0.2) is 0 Å². The molecule has 6 nitrogen and oxygen atoms in total. The van der Waals surface area contributed by atoms with Gasteiger partial charge < -0.3 is 25.5 Å². The topological polar surface area (TPSA) is 118 Å². The minimum Gasteiger partial charge on any atom is -0.504 e. The number of aliphatic hydroxyl groups excluding tert-OH is 2. The molecule has 0 amide bonds. The Labute approximate surface area is 91.0 Å². The van der Waals surface area contributed by atoms with E-state index in [4.69, 9.17) is 15.3 Å². The van der Waals surface area contributed by atoms with Crippen molar-refractivity contribution in [2.45, 2.75) is 18.6 Å². The number of aromatic hydroxyl groups is 2. The van der Waals surface area contributed by atoms with E-state index < -0.39 is 30.3 Å². The molecule has 0 spiro atoms. The number of carboxylic acids is 1. The Bertz CT molecular complexity index is 389. The maximum absolute atomic E-state index is 10.3. The predicted octanol–water partition coefficient (Wildman–Crippen LogP) is -0.0332. The molecule has 0 bridgehead atoms. The fourth-order valence-corrected chi connectivity index (χ4v) is 1.24. The zero-order chi connectivity index (χ0) is 12.3. The van der Waals surface area contributed by atoms with Gasteiger partial charge in [0.2, 0.25) is 0 Å². The Hall–Kier alpha value is -1.79. The van der Waals surface area contributed by atoms with Crippen LogP contribution in [0.4, 0.5) is 0 Å². The highest BCUT2D eigenvalue weighted by Gasteiger charge is 2.21. The number of phenolic OH excluding ortho intramolecular Hbond substituents is 2. The van der Waals surface area contributed by atoms with E-state index in [9.17, 15) is 15.0 Å². The van der Waals surface area contributed by atoms with Gasteiger partial charge in [-0.3, -0.25) is 4.79 Å². The highest BCUT2D eigenvalue weighted by Crippen LogP contribution is 2.29. The van der Waals surface area contributed by atoms with Crippen molar-refractivity contribution >= 4 is 5.97 Å². The summed E-state index contributed by atoms with van der Waals surface area (Å²) >= 11 is 0. The van der Waals surface area contributed by atoms with E-state index in [1.807, 2.05) is 0 Å². The molecule has 0 heterocycles. The van der Waals surface area contributed by atoms with Gasteiger partial charge >= 0.3 is 5.97 Å². The lowest BCUT2D eigenvalue weighted by atomic mass is 10.0. The third kappa shape index (κ3) is 2.85. The molecule has 0 aromatic heterocycles. The summed E-state index contributed by atoms with van der Waals surface area (Å²) in [4.78, 5) is 10.3. The summed E-state index contributed by atoms with van der Waals surface area (Å²) in [5.74, 6) is -2.04. The van der Waals surface area contributed by atoms with Crippen molar-refractivity contribution in [2.75, 3.05) is 0 Å². The van der Waals surface area contributed by atoms with E-state index in [-0.39, 0.29) is 11.3 Å². The number of carboxylic acid groups (broad SMARTS) is 1. The standard InChI is InChI=1S/C10H12O6/c11-6-2-1-5(3-7(6)12)10(16)8(13)4-9(14)15/h1-3,8,10-13,16H,4H2,(H,14,15). The van der Waals surface area contributed by atoms with Gasteiger partial charge in [0.1, 0.15) is 6.10 Å². The van der Waals surface area contributed by atoms with Crippen LogP contribution in [0.2, 0.25) is 0 Å². The molecule has 2 atom stereocenters. The quantitative estimate of drug-likeness (QED) is 0.462. The minimum atomic E-state index is -1.47. The zero-order valence-corrected chi connectivity index (χ0v) is 8.24. The zero-order valence-electron chi connectivity index (χ0n) is 8.24. The highest BCUT2D eigenvalue weighted by molar-refractivity contribution is 5.67. The molecule has 0 aliphatic carbocycles. The Morgan fingerprint density at radius 2 is 1.81 bits per heavy atom. The molecule has 1 rings (SSSR count). The summed E-state index contributed by atoms with van der Waals surface area (Å²) in [5, 5.41) is 45.5. The first-order valence-corrected chi connectivity index (χ1v) is 4.51. The van der Waals surface area contributed by atoms with Crippen LogP contribution in [0.5, 0.6) is 11.5 Å². The largest absolute Gasteiger partial charge is 0.504 e. The number of hydrogen-bond acceptors (Lipinski definition) is 5. The van der Waals surface area contributed by atoms with Crippen molar-refractivity contribution in [3.63, 3.8) is 0 Å². The molecule has 0 saturated carbocycles. The number of phenols is 2. The number of aliphatic hydroxyl groups is 2. The lowest BCUT2D eigenvalue weighted by molar-refractivity contribution is -0.141. The van der Waals surface area contributed by atoms with Crippen LogP contribution in [0.3, 0.4) is 0 Å². The Morgan fingerprint density at radius 1 is 1.19 bits per heavy atom. The molecule has 0 saturated heterocycles. The van der Waals surface area contributed by atoms with E-state index in [1.165, 1.54) is 6.07 Å². The molecular weight excluding hydrogens is 216 g/mol. The van der Waals surface area contributed by atoms with E-state index in [2.05, 4.69) is 0 Å². The SMILES string of the molecule is O=C(O)CC(O)C(O)c1ccc(O)c(O)c1. The van der Waals surface area contributed by atoms with E-state index in [0.717, 1.165) is 12.1 Å². The smallest absolute Gasteiger partial charge is 0.306 e. The van der Waals surface area contributed by atoms with Gasteiger partial charge in [-0.05, 0) is 17.7 Å². The third-order valence-corrected chi connectivity index (χ3v) is 2.09. The first kappa shape index (κ1) is 12.3. The number of hydrogen-bond donors (Lipinski definition) is 5. The molecule has 0 aliphatic heterocycles. The lowest BCUT2D eigenvalue weighted by Crippen LogP contribution is -2.21. The van der Waals surface area contributed by atoms with Crippen molar-refractivity contribution in [3.8, 4) is 11.5 Å². The molecule has 2 unspecified atom stereocenters. The van der Waals surface area contributed by atoms with E-state index >= 15 is 0 Å². The average Bonchev–Trinajstić information content (AvgIpc) is 2.20. The molecule has 16 heavy (non-hydrogen) atoms. The van der Waals surface area contributed by atoms with Crippen molar-refractivity contribution in [1.82, 2.24) is 0 Å². The van der Waals surface area contributed by atoms with Gasteiger partial charge in [0, 0.05) is 0 Å². The molecule has 1 aromatic carbocycles. The minimum absolute atomic E-state index is 0.129. The summed E-state index contributed by atoms with van der Waals surface area (Å²) in [5.41, 5.74) is 0.129. The predicted molar refractivity (Wildman–Crippen MR) is 53.0 cm³/mol. The number of benzene rings is 1. The van der Waals surface area contributed by atoms with Crippen molar-refractivity contribution < 1.29 is 30.3 Å². The first-order chi connectivity index (χ1) is 7.41. The summed E-state index contributed by atoms with van der Waals surface area (Å²) in [6, 6.07) is 3.48. The van der Waals surface area contributed by atoms with Crippen molar-refractivity contribution in [3.05, 3.63) is 23.8 Å². The van der Waals surface area contributed by atoms with Crippen LogP contribution in [0.25, 0.3) is 0 Å². The van der Waals surface area contributed by atoms with Crippen LogP contribution < -0.4 is 0 Å². The molecular formula is C10H12O6. The van der Waals surface area contributed by atoms with Crippen LogP contribution in [0.1, 0.15) is 18.1 Å². The van der Waals surface area contributed by atoms with Crippen LogP contribution in [0.15, 0.2) is 18.2 Å². The molecule has 6 heteroatoms. The molecule has 1 aromatic rings. The number of carbonyl (C=O) groups is 1. The van der Waals surface area contributed by atoms with Crippen molar-refractivity contribution in [2.24, 2.45) is 0 Å². The van der Waals surface area contributed by atoms with E-state index in [0.29, 0.717) is 0 Å². The Morgan fingerprint density at radius 3 is 2.31 bits per heavy atom. The highest BCUT2D eigenvalue weighted by atomic mass is 16.4. The van der Waals surface area contributed by atoms with Gasteiger partial charge in [0.25, 0.3) is 0 Å². The second-order valence-corrected chi connectivity index (χ2v) is 3.36. The van der Waals surface area contributed by atoms with Crippen LogP contribution >= 0.6 is 0 Å². The Balaban J connectivity index is 2.83. The van der Waals surface area contributed by atoms with Crippen molar-refractivity contribution in [1.29, 1.82) is 0 Å². The van der Waals surface area contributed by atoms with Gasteiger partial charge in [-0.2, -0.15) is 0 Å². The monoisotopic (exact) mass is 228 g/mol. The second-order valence-electron chi connectivity index (χ2n) is 3.36. The summed E-state index contributed by atoms with van der Waals surface area (Å²) in [6.07, 6.45) is -3.51. The molecule has 0 fully saturated rings. The van der Waals surface area contributed by atoms with Gasteiger partial charge in [-0.1, -0.05) is 6.07 Å². The maximum Gasteiger partial charge on any atom is 0.306 e. The first-order valence-electron chi connectivity index (χ1n) is 4.51. The van der Waals surface area contributed by atoms with Crippen LogP contribution in [-0.2, 0) is 4.79 Å². The summed E-state index contributed by atoms with van der Waals surface area (Å²) in [6.45, 7) is 0. The van der Waals surface area contributed by atoms with Gasteiger partial charge in [-0.15, -0.1) is 0 Å². The molecule has 0 radical (unpaired) electrons. The van der Waals surface area contributed by atoms with Crippen LogP contribution in [0, 0.1) is 0 Å². The van der Waals surface area contributed by atoms with E-state index in [1.54, 1.807) is 0 Å². The molecule has 0 aliphatic rings. The second kappa shape index (κ2) is 4.82. The maximum atomic E-state index is 10.3. The summed E-state index contributed by atoms with van der Waals surface area (Å²) in [7, 11) is 0. The molecule has 5 N–H and O–H groups in total. The third-order valence-electron chi connectivity index (χ3n) is 2.09. The number of rotatable bonds is 4. The fraction of sp³-hybridized carbons (Fsp3) is 0.300. The average molecular weight is 228 g/mol. The number of aliphatic carboxylic acids is 1.